The number of hydrogen-bond donors (Lipinski definition) is 2. The van der Waals surface area contributed by atoms with Crippen LogP contribution in [0.3, 0.4) is 0 Å². The molecule has 3 heteroatoms. The van der Waals surface area contributed by atoms with Gasteiger partial charge in [-0.15, -0.1) is 0 Å². The Morgan fingerprint density at radius 1 is 1.25 bits per heavy atom. The van der Waals surface area contributed by atoms with Crippen LogP contribution in [-0.4, -0.2) is 17.3 Å². The van der Waals surface area contributed by atoms with Gasteiger partial charge in [-0.25, -0.2) is 0 Å². The van der Waals surface area contributed by atoms with Gasteiger partial charge in [-0.1, -0.05) is 32.0 Å². The van der Waals surface area contributed by atoms with Gasteiger partial charge >= 0.3 is 0 Å². The van der Waals surface area contributed by atoms with E-state index < -0.39 is 0 Å². The molecule has 1 aromatic carbocycles. The number of fused-ring (bicyclic) bond motifs is 1. The number of furan rings is 1. The summed E-state index contributed by atoms with van der Waals surface area (Å²) in [5.41, 5.74) is 2.18. The first-order chi connectivity index (χ1) is 9.63. The second-order valence-corrected chi connectivity index (χ2v) is 5.59. The molecule has 2 aromatic rings. The number of aryl methyl sites for hydroxylation is 1. The monoisotopic (exact) mass is 275 g/mol. The summed E-state index contributed by atoms with van der Waals surface area (Å²) >= 11 is 0. The van der Waals surface area contributed by atoms with Gasteiger partial charge < -0.3 is 14.8 Å². The fourth-order valence-corrected chi connectivity index (χ4v) is 2.57. The largest absolute Gasteiger partial charge is 0.461 e. The van der Waals surface area contributed by atoms with Crippen molar-refractivity contribution in [3.63, 3.8) is 0 Å². The highest BCUT2D eigenvalue weighted by molar-refractivity contribution is 5.82. The predicted octanol–water partition coefficient (Wildman–Crippen LogP) is 3.64. The van der Waals surface area contributed by atoms with Gasteiger partial charge in [-0.3, -0.25) is 0 Å². The van der Waals surface area contributed by atoms with Crippen molar-refractivity contribution >= 4 is 11.0 Å². The van der Waals surface area contributed by atoms with E-state index in [1.807, 2.05) is 18.2 Å². The lowest BCUT2D eigenvalue weighted by Crippen LogP contribution is -2.42. The Balaban J connectivity index is 2.24. The van der Waals surface area contributed by atoms with Crippen molar-refractivity contribution in [1.29, 1.82) is 0 Å². The van der Waals surface area contributed by atoms with Gasteiger partial charge in [0.05, 0.1) is 0 Å². The standard InChI is InChI=1S/C17H25NO2/c1-4-15-14(12-18-17(3,5-2)10-11-19)13-8-6-7-9-16(13)20-15/h6-9,18-19H,4-5,10-12H2,1-3H3. The molecule has 0 amide bonds. The molecule has 2 N–H and O–H groups in total. The summed E-state index contributed by atoms with van der Waals surface area (Å²) < 4.78 is 5.92. The van der Waals surface area contributed by atoms with Crippen LogP contribution in [0.15, 0.2) is 28.7 Å². The summed E-state index contributed by atoms with van der Waals surface area (Å²) in [7, 11) is 0. The van der Waals surface area contributed by atoms with E-state index in [9.17, 15) is 5.11 Å². The topological polar surface area (TPSA) is 45.4 Å². The number of hydrogen-bond acceptors (Lipinski definition) is 3. The predicted molar refractivity (Wildman–Crippen MR) is 82.8 cm³/mol. The fourth-order valence-electron chi connectivity index (χ4n) is 2.57. The smallest absolute Gasteiger partial charge is 0.134 e. The summed E-state index contributed by atoms with van der Waals surface area (Å²) in [6, 6.07) is 8.19. The van der Waals surface area contributed by atoms with Crippen molar-refractivity contribution in [1.82, 2.24) is 5.32 Å². The van der Waals surface area contributed by atoms with Crippen molar-refractivity contribution in [3.8, 4) is 0 Å². The maximum absolute atomic E-state index is 9.20. The summed E-state index contributed by atoms with van der Waals surface area (Å²) in [6.07, 6.45) is 2.65. The van der Waals surface area contributed by atoms with Gasteiger partial charge in [0.15, 0.2) is 0 Å². The Morgan fingerprint density at radius 2 is 2.00 bits per heavy atom. The number of para-hydroxylation sites is 1. The van der Waals surface area contributed by atoms with E-state index in [2.05, 4.69) is 32.2 Å². The Labute approximate surface area is 121 Å². The summed E-state index contributed by atoms with van der Waals surface area (Å²) in [5.74, 6) is 1.06. The third-order valence-corrected chi connectivity index (χ3v) is 4.24. The average Bonchev–Trinajstić information content (AvgIpc) is 2.83. The molecule has 110 valence electrons. The Hall–Kier alpha value is -1.32. The third-order valence-electron chi connectivity index (χ3n) is 4.24. The lowest BCUT2D eigenvalue weighted by molar-refractivity contribution is 0.214. The zero-order chi connectivity index (χ0) is 14.6. The minimum Gasteiger partial charge on any atom is -0.461 e. The summed E-state index contributed by atoms with van der Waals surface area (Å²) in [4.78, 5) is 0. The average molecular weight is 275 g/mol. The Bertz CT molecular complexity index is 561. The summed E-state index contributed by atoms with van der Waals surface area (Å²) in [5, 5.41) is 14.0. The van der Waals surface area contributed by atoms with E-state index in [1.54, 1.807) is 0 Å². The van der Waals surface area contributed by atoms with Crippen LogP contribution >= 0.6 is 0 Å². The molecule has 0 saturated carbocycles. The van der Waals surface area contributed by atoms with Crippen LogP contribution in [0, 0.1) is 0 Å². The molecule has 2 rings (SSSR count). The molecule has 1 unspecified atom stereocenters. The molecule has 3 nitrogen and oxygen atoms in total. The number of rotatable bonds is 7. The first-order valence-corrected chi connectivity index (χ1v) is 7.48. The SMILES string of the molecule is CCc1oc2ccccc2c1CNC(C)(CC)CCO. The molecule has 0 bridgehead atoms. The van der Waals surface area contributed by atoms with Gasteiger partial charge in [0.1, 0.15) is 11.3 Å². The molecule has 0 aliphatic rings. The molecule has 0 aliphatic carbocycles. The van der Waals surface area contributed by atoms with Gasteiger partial charge in [-0.2, -0.15) is 0 Å². The van der Waals surface area contributed by atoms with E-state index in [1.165, 1.54) is 10.9 Å². The van der Waals surface area contributed by atoms with Crippen molar-refractivity contribution in [2.45, 2.75) is 52.1 Å². The van der Waals surface area contributed by atoms with Crippen LogP contribution in [0.5, 0.6) is 0 Å². The zero-order valence-corrected chi connectivity index (χ0v) is 12.7. The van der Waals surface area contributed by atoms with Crippen LogP contribution in [0.4, 0.5) is 0 Å². The Morgan fingerprint density at radius 3 is 2.65 bits per heavy atom. The highest BCUT2D eigenvalue weighted by Crippen LogP contribution is 2.27. The van der Waals surface area contributed by atoms with Crippen LogP contribution in [-0.2, 0) is 13.0 Å². The quantitative estimate of drug-likeness (QED) is 0.811. The number of benzene rings is 1. The van der Waals surface area contributed by atoms with Crippen LogP contribution in [0.1, 0.15) is 44.9 Å². The first-order valence-electron chi connectivity index (χ1n) is 7.48. The number of aliphatic hydroxyl groups is 1. The first kappa shape index (κ1) is 15.1. The molecular formula is C17H25NO2. The second-order valence-electron chi connectivity index (χ2n) is 5.59. The molecule has 1 atom stereocenters. The fraction of sp³-hybridized carbons (Fsp3) is 0.529. The minimum absolute atomic E-state index is 0.0296. The van der Waals surface area contributed by atoms with Gasteiger partial charge in [0, 0.05) is 36.1 Å². The lowest BCUT2D eigenvalue weighted by atomic mass is 9.94. The normalized spacial score (nSPS) is 14.6. The third kappa shape index (κ3) is 3.05. The molecule has 1 aromatic heterocycles. The molecule has 0 aliphatic heterocycles. The molecular weight excluding hydrogens is 250 g/mol. The van der Waals surface area contributed by atoms with E-state index >= 15 is 0 Å². The van der Waals surface area contributed by atoms with Crippen LogP contribution in [0.25, 0.3) is 11.0 Å². The minimum atomic E-state index is -0.0296. The van der Waals surface area contributed by atoms with Crippen LogP contribution < -0.4 is 5.32 Å². The Kier molecular flexibility index (Phi) is 4.84. The van der Waals surface area contributed by atoms with E-state index in [0.717, 1.165) is 37.2 Å². The highest BCUT2D eigenvalue weighted by Gasteiger charge is 2.22. The van der Waals surface area contributed by atoms with Gasteiger partial charge in [-0.05, 0) is 25.8 Å². The maximum atomic E-state index is 9.20. The van der Waals surface area contributed by atoms with Crippen molar-refractivity contribution in [3.05, 3.63) is 35.6 Å². The molecule has 0 spiro atoms. The summed E-state index contributed by atoms with van der Waals surface area (Å²) in [6.45, 7) is 7.43. The molecule has 0 fully saturated rings. The van der Waals surface area contributed by atoms with E-state index in [0.29, 0.717) is 0 Å². The lowest BCUT2D eigenvalue weighted by Gasteiger charge is -2.29. The number of aliphatic hydroxyl groups excluding tert-OH is 1. The molecule has 0 radical (unpaired) electrons. The van der Waals surface area contributed by atoms with Crippen molar-refractivity contribution in [2.24, 2.45) is 0 Å². The van der Waals surface area contributed by atoms with Gasteiger partial charge in [0.2, 0.25) is 0 Å². The highest BCUT2D eigenvalue weighted by atomic mass is 16.3. The van der Waals surface area contributed by atoms with Crippen molar-refractivity contribution in [2.75, 3.05) is 6.61 Å². The number of nitrogens with one attached hydrogen (secondary N) is 1. The van der Waals surface area contributed by atoms with Crippen molar-refractivity contribution < 1.29 is 9.52 Å². The zero-order valence-electron chi connectivity index (χ0n) is 12.7. The van der Waals surface area contributed by atoms with E-state index in [-0.39, 0.29) is 12.1 Å². The maximum Gasteiger partial charge on any atom is 0.134 e. The van der Waals surface area contributed by atoms with Gasteiger partial charge in [0.25, 0.3) is 0 Å². The molecule has 1 heterocycles. The second kappa shape index (κ2) is 6.42. The molecule has 0 saturated heterocycles. The van der Waals surface area contributed by atoms with Crippen LogP contribution in [0.2, 0.25) is 0 Å². The van der Waals surface area contributed by atoms with E-state index in [4.69, 9.17) is 4.42 Å². The molecule has 20 heavy (non-hydrogen) atoms.